The first-order valence-electron chi connectivity index (χ1n) is 4.89. The highest BCUT2D eigenvalue weighted by molar-refractivity contribution is 9.11. The molecule has 4 N–H and O–H groups in total. The van der Waals surface area contributed by atoms with Gasteiger partial charge in [-0.15, -0.1) is 0 Å². The SMILES string of the molecule is CC(O)(CNC(=O)Nc1ncc(Br)s1)CC(=O)O. The average molecular weight is 338 g/mol. The zero-order valence-electron chi connectivity index (χ0n) is 9.44. The number of amides is 2. The van der Waals surface area contributed by atoms with Crippen LogP contribution < -0.4 is 10.6 Å². The number of carbonyl (C=O) groups is 2. The second kappa shape index (κ2) is 6.12. The molecular formula is C9H12BrN3O4S. The first-order valence-corrected chi connectivity index (χ1v) is 6.50. The normalized spacial score (nSPS) is 13.7. The molecule has 0 fully saturated rings. The number of halogens is 1. The maximum atomic E-state index is 11.4. The van der Waals surface area contributed by atoms with Crippen molar-refractivity contribution in [1.29, 1.82) is 0 Å². The van der Waals surface area contributed by atoms with Crippen LogP contribution in [0.3, 0.4) is 0 Å². The van der Waals surface area contributed by atoms with Crippen LogP contribution in [0.5, 0.6) is 0 Å². The molecule has 1 aromatic heterocycles. The third-order valence-electron chi connectivity index (χ3n) is 1.86. The topological polar surface area (TPSA) is 112 Å². The second-order valence-corrected chi connectivity index (χ2v) is 6.25. The molecule has 0 aliphatic rings. The number of nitrogens with zero attached hydrogens (tertiary/aromatic N) is 1. The van der Waals surface area contributed by atoms with Crippen LogP contribution in [0.15, 0.2) is 9.98 Å². The number of hydrogen-bond acceptors (Lipinski definition) is 5. The number of aliphatic hydroxyl groups is 1. The zero-order valence-corrected chi connectivity index (χ0v) is 11.8. The van der Waals surface area contributed by atoms with E-state index in [1.54, 1.807) is 6.20 Å². The lowest BCUT2D eigenvalue weighted by molar-refractivity contribution is -0.141. The standard InChI is InChI=1S/C9H12BrN3O4S/c1-9(17,2-6(14)15)4-12-7(16)13-8-11-3-5(10)18-8/h3,17H,2,4H2,1H3,(H,14,15)(H2,11,12,13,16). The Labute approximate surface area is 115 Å². The number of rotatable bonds is 5. The van der Waals surface area contributed by atoms with E-state index in [1.165, 1.54) is 18.3 Å². The number of nitrogens with one attached hydrogen (secondary N) is 2. The van der Waals surface area contributed by atoms with Gasteiger partial charge in [0, 0.05) is 6.54 Å². The first-order chi connectivity index (χ1) is 8.28. The molecule has 2 amide bonds. The molecule has 1 atom stereocenters. The highest BCUT2D eigenvalue weighted by Gasteiger charge is 2.24. The van der Waals surface area contributed by atoms with Gasteiger partial charge in [0.15, 0.2) is 5.13 Å². The number of carbonyl (C=O) groups excluding carboxylic acids is 1. The van der Waals surface area contributed by atoms with E-state index in [2.05, 4.69) is 31.5 Å². The van der Waals surface area contributed by atoms with Crippen molar-refractivity contribution in [2.75, 3.05) is 11.9 Å². The largest absolute Gasteiger partial charge is 0.481 e. The Kier molecular flexibility index (Phi) is 5.05. The summed E-state index contributed by atoms with van der Waals surface area (Å²) in [7, 11) is 0. The van der Waals surface area contributed by atoms with Crippen LogP contribution in [0, 0.1) is 0 Å². The lowest BCUT2D eigenvalue weighted by Gasteiger charge is -2.21. The fourth-order valence-corrected chi connectivity index (χ4v) is 2.21. The van der Waals surface area contributed by atoms with Gasteiger partial charge in [0.25, 0.3) is 0 Å². The van der Waals surface area contributed by atoms with Gasteiger partial charge < -0.3 is 15.5 Å². The number of thiazole rings is 1. The average Bonchev–Trinajstić information content (AvgIpc) is 2.59. The van der Waals surface area contributed by atoms with Crippen LogP contribution in [-0.2, 0) is 4.79 Å². The minimum atomic E-state index is -1.49. The molecule has 0 aromatic carbocycles. The molecule has 0 saturated carbocycles. The van der Waals surface area contributed by atoms with Crippen LogP contribution in [0.25, 0.3) is 0 Å². The molecule has 0 aliphatic carbocycles. The molecule has 100 valence electrons. The molecule has 7 nitrogen and oxygen atoms in total. The Balaban J connectivity index is 2.39. The van der Waals surface area contributed by atoms with Crippen LogP contribution in [-0.4, -0.2) is 39.3 Å². The third-order valence-corrected chi connectivity index (χ3v) is 3.25. The summed E-state index contributed by atoms with van der Waals surface area (Å²) in [5, 5.41) is 23.4. The summed E-state index contributed by atoms with van der Waals surface area (Å²) in [6, 6.07) is -0.553. The maximum absolute atomic E-state index is 11.4. The van der Waals surface area contributed by atoms with Crippen molar-refractivity contribution >= 4 is 44.4 Å². The Bertz CT molecular complexity index is 449. The smallest absolute Gasteiger partial charge is 0.321 e. The highest BCUT2D eigenvalue weighted by Crippen LogP contribution is 2.22. The number of aromatic nitrogens is 1. The summed E-state index contributed by atoms with van der Waals surface area (Å²) in [6.07, 6.45) is 1.09. The fourth-order valence-electron chi connectivity index (χ4n) is 1.11. The van der Waals surface area contributed by atoms with E-state index < -0.39 is 24.0 Å². The van der Waals surface area contributed by atoms with Crippen molar-refractivity contribution in [2.45, 2.75) is 18.9 Å². The molecule has 0 saturated heterocycles. The van der Waals surface area contributed by atoms with E-state index >= 15 is 0 Å². The fraction of sp³-hybridized carbons (Fsp3) is 0.444. The molecule has 1 rings (SSSR count). The molecule has 18 heavy (non-hydrogen) atoms. The van der Waals surface area contributed by atoms with E-state index in [9.17, 15) is 14.7 Å². The molecule has 0 bridgehead atoms. The predicted octanol–water partition coefficient (Wildman–Crippen LogP) is 1.25. The Morgan fingerprint density at radius 1 is 1.61 bits per heavy atom. The number of urea groups is 1. The number of hydrogen-bond donors (Lipinski definition) is 4. The van der Waals surface area contributed by atoms with E-state index in [0.29, 0.717) is 5.13 Å². The van der Waals surface area contributed by atoms with Crippen LogP contribution in [0.1, 0.15) is 13.3 Å². The van der Waals surface area contributed by atoms with Crippen LogP contribution in [0.4, 0.5) is 9.93 Å². The van der Waals surface area contributed by atoms with Crippen LogP contribution >= 0.6 is 27.3 Å². The summed E-state index contributed by atoms with van der Waals surface area (Å²) >= 11 is 4.44. The van der Waals surface area contributed by atoms with Gasteiger partial charge in [-0.1, -0.05) is 11.3 Å². The summed E-state index contributed by atoms with van der Waals surface area (Å²) in [4.78, 5) is 25.8. The molecule has 0 spiro atoms. The second-order valence-electron chi connectivity index (χ2n) is 3.84. The Morgan fingerprint density at radius 2 is 2.28 bits per heavy atom. The number of carboxylic acid groups (broad SMARTS) is 1. The van der Waals surface area contributed by atoms with Gasteiger partial charge in [0.2, 0.25) is 0 Å². The van der Waals surface area contributed by atoms with Gasteiger partial charge in [0.05, 0.1) is 22.0 Å². The Hall–Kier alpha value is -1.19. The summed E-state index contributed by atoms with van der Waals surface area (Å²) < 4.78 is 0.774. The third kappa shape index (κ3) is 5.43. The lowest BCUT2D eigenvalue weighted by Crippen LogP contribution is -2.43. The van der Waals surface area contributed by atoms with Crippen molar-refractivity contribution < 1.29 is 19.8 Å². The van der Waals surface area contributed by atoms with E-state index in [1.807, 2.05) is 0 Å². The van der Waals surface area contributed by atoms with Gasteiger partial charge in [-0.2, -0.15) is 0 Å². The quantitative estimate of drug-likeness (QED) is 0.646. The molecular weight excluding hydrogens is 326 g/mol. The monoisotopic (exact) mass is 337 g/mol. The molecule has 1 unspecified atom stereocenters. The number of aliphatic carboxylic acids is 1. The van der Waals surface area contributed by atoms with Gasteiger partial charge in [-0.05, 0) is 22.9 Å². The molecule has 1 aromatic rings. The van der Waals surface area contributed by atoms with E-state index in [4.69, 9.17) is 5.11 Å². The first kappa shape index (κ1) is 14.9. The van der Waals surface area contributed by atoms with Gasteiger partial charge in [-0.3, -0.25) is 10.1 Å². The minimum absolute atomic E-state index is 0.169. The summed E-state index contributed by atoms with van der Waals surface area (Å²) in [5.74, 6) is -1.13. The highest BCUT2D eigenvalue weighted by atomic mass is 79.9. The van der Waals surface area contributed by atoms with Gasteiger partial charge in [-0.25, -0.2) is 9.78 Å². The van der Waals surface area contributed by atoms with Crippen LogP contribution in [0.2, 0.25) is 0 Å². The molecule has 0 aliphatic heterocycles. The van der Waals surface area contributed by atoms with Crippen molar-refractivity contribution in [3.05, 3.63) is 9.98 Å². The number of anilines is 1. The Morgan fingerprint density at radius 3 is 2.78 bits per heavy atom. The molecule has 0 radical (unpaired) electrons. The maximum Gasteiger partial charge on any atom is 0.321 e. The van der Waals surface area contributed by atoms with Gasteiger partial charge >= 0.3 is 12.0 Å². The van der Waals surface area contributed by atoms with Crippen molar-refractivity contribution in [1.82, 2.24) is 10.3 Å². The molecule has 9 heteroatoms. The van der Waals surface area contributed by atoms with Gasteiger partial charge in [0.1, 0.15) is 0 Å². The molecule has 1 heterocycles. The van der Waals surface area contributed by atoms with E-state index in [-0.39, 0.29) is 6.54 Å². The predicted molar refractivity (Wildman–Crippen MR) is 69.7 cm³/mol. The van der Waals surface area contributed by atoms with Crippen molar-refractivity contribution in [3.8, 4) is 0 Å². The number of carboxylic acids is 1. The lowest BCUT2D eigenvalue weighted by atomic mass is 10.0. The summed E-state index contributed by atoms with van der Waals surface area (Å²) in [6.45, 7) is 1.17. The van der Waals surface area contributed by atoms with Crippen molar-refractivity contribution in [2.24, 2.45) is 0 Å². The zero-order chi connectivity index (χ0) is 13.8. The van der Waals surface area contributed by atoms with E-state index in [0.717, 1.165) is 3.79 Å². The minimum Gasteiger partial charge on any atom is -0.481 e. The van der Waals surface area contributed by atoms with Crippen molar-refractivity contribution in [3.63, 3.8) is 0 Å². The summed E-state index contributed by atoms with van der Waals surface area (Å²) in [5.41, 5.74) is -1.49.